The fourth-order valence-electron chi connectivity index (χ4n) is 2.97. The molecule has 0 aromatic heterocycles. The predicted molar refractivity (Wildman–Crippen MR) is 73.5 cm³/mol. The maximum Gasteiger partial charge on any atom is 0.226 e. The van der Waals surface area contributed by atoms with Crippen LogP contribution in [-0.2, 0) is 9.53 Å². The second-order valence-electron chi connectivity index (χ2n) is 6.28. The van der Waals surface area contributed by atoms with Crippen LogP contribution in [0.1, 0.15) is 34.1 Å². The van der Waals surface area contributed by atoms with E-state index in [9.17, 15) is 4.79 Å². The number of nitrogens with zero attached hydrogens (tertiary/aromatic N) is 1. The highest BCUT2D eigenvalue weighted by Crippen LogP contribution is 2.53. The summed E-state index contributed by atoms with van der Waals surface area (Å²) in [6.07, 6.45) is 0.908. The Kier molecular flexibility index (Phi) is 4.44. The largest absolute Gasteiger partial charge is 0.378 e. The van der Waals surface area contributed by atoms with E-state index in [1.54, 1.807) is 7.11 Å². The summed E-state index contributed by atoms with van der Waals surface area (Å²) in [6.45, 7) is 9.17. The lowest BCUT2D eigenvalue weighted by atomic mass is 9.55. The molecule has 0 aliphatic heterocycles. The first-order chi connectivity index (χ1) is 8.21. The Balaban J connectivity index is 2.71. The van der Waals surface area contributed by atoms with Gasteiger partial charge >= 0.3 is 0 Å². The zero-order valence-corrected chi connectivity index (χ0v) is 12.8. The average Bonchev–Trinajstić information content (AvgIpc) is 2.33. The minimum Gasteiger partial charge on any atom is -0.378 e. The van der Waals surface area contributed by atoms with E-state index < -0.39 is 0 Å². The molecule has 0 bridgehead atoms. The number of amides is 1. The van der Waals surface area contributed by atoms with Crippen LogP contribution in [0.2, 0.25) is 0 Å². The topological polar surface area (TPSA) is 41.6 Å². The van der Waals surface area contributed by atoms with E-state index in [1.165, 1.54) is 0 Å². The Bertz CT molecular complexity index is 317. The molecule has 0 aromatic carbocycles. The molecule has 1 N–H and O–H groups in total. The van der Waals surface area contributed by atoms with Crippen molar-refractivity contribution in [2.45, 2.75) is 45.8 Å². The highest BCUT2D eigenvalue weighted by molar-refractivity contribution is 5.79. The van der Waals surface area contributed by atoms with E-state index >= 15 is 0 Å². The van der Waals surface area contributed by atoms with E-state index in [1.807, 2.05) is 25.9 Å². The van der Waals surface area contributed by atoms with Gasteiger partial charge in [0.05, 0.1) is 5.60 Å². The van der Waals surface area contributed by atoms with Crippen molar-refractivity contribution in [2.75, 3.05) is 27.7 Å². The molecule has 3 unspecified atom stereocenters. The first kappa shape index (κ1) is 15.4. The van der Waals surface area contributed by atoms with E-state index in [0.717, 1.165) is 13.0 Å². The van der Waals surface area contributed by atoms with Gasteiger partial charge in [-0.1, -0.05) is 20.8 Å². The molecule has 0 aromatic rings. The third-order valence-corrected chi connectivity index (χ3v) is 4.98. The molecule has 1 aliphatic rings. The van der Waals surface area contributed by atoms with Gasteiger partial charge in [0.1, 0.15) is 0 Å². The molecule has 3 atom stereocenters. The van der Waals surface area contributed by atoms with Crippen molar-refractivity contribution in [3.63, 3.8) is 0 Å². The van der Waals surface area contributed by atoms with Crippen LogP contribution >= 0.6 is 0 Å². The van der Waals surface area contributed by atoms with Gasteiger partial charge in [0.2, 0.25) is 5.91 Å². The van der Waals surface area contributed by atoms with Gasteiger partial charge in [0, 0.05) is 38.1 Å². The number of rotatable bonds is 5. The van der Waals surface area contributed by atoms with Gasteiger partial charge in [-0.25, -0.2) is 0 Å². The van der Waals surface area contributed by atoms with Crippen molar-refractivity contribution < 1.29 is 9.53 Å². The van der Waals surface area contributed by atoms with E-state index in [4.69, 9.17) is 4.74 Å². The van der Waals surface area contributed by atoms with Crippen molar-refractivity contribution in [2.24, 2.45) is 11.3 Å². The van der Waals surface area contributed by atoms with Crippen molar-refractivity contribution in [3.8, 4) is 0 Å². The molecule has 0 saturated heterocycles. The number of carbonyl (C=O) groups excluding carboxylic acids is 1. The number of nitrogens with one attached hydrogen (secondary N) is 1. The summed E-state index contributed by atoms with van der Waals surface area (Å²) >= 11 is 0. The number of carbonyl (C=O) groups is 1. The maximum absolute atomic E-state index is 12.3. The third kappa shape index (κ3) is 2.28. The van der Waals surface area contributed by atoms with E-state index in [2.05, 4.69) is 26.1 Å². The minimum atomic E-state index is -0.127. The van der Waals surface area contributed by atoms with Crippen LogP contribution in [0, 0.1) is 11.3 Å². The number of hydrogen-bond donors (Lipinski definition) is 1. The van der Waals surface area contributed by atoms with Crippen LogP contribution in [0.3, 0.4) is 0 Å². The zero-order chi connectivity index (χ0) is 14.1. The Morgan fingerprint density at radius 3 is 2.44 bits per heavy atom. The molecule has 1 rings (SSSR count). The minimum absolute atomic E-state index is 0.00841. The summed E-state index contributed by atoms with van der Waals surface area (Å²) in [5, 5.41) is 3.05. The molecular formula is C14H28N2O2. The molecule has 1 fully saturated rings. The molecule has 1 amide bonds. The summed E-state index contributed by atoms with van der Waals surface area (Å²) in [4.78, 5) is 14.2. The number of methoxy groups -OCH3 is 1. The predicted octanol–water partition coefficient (Wildman–Crippen LogP) is 1.50. The summed E-state index contributed by atoms with van der Waals surface area (Å²) in [5.41, 5.74) is -0.135. The lowest BCUT2D eigenvalue weighted by Gasteiger charge is -2.61. The fourth-order valence-corrected chi connectivity index (χ4v) is 2.97. The van der Waals surface area contributed by atoms with Gasteiger partial charge < -0.3 is 15.0 Å². The smallest absolute Gasteiger partial charge is 0.226 e. The standard InChI is InChI=1S/C14H28N2O2/c1-10(9-15-5)12(17)16(6)11-8-14(4,18-7)13(11,2)3/h10-11,15H,8-9H2,1-7H3. The van der Waals surface area contributed by atoms with Crippen LogP contribution in [0.25, 0.3) is 0 Å². The van der Waals surface area contributed by atoms with Crippen molar-refractivity contribution in [3.05, 3.63) is 0 Å². The van der Waals surface area contributed by atoms with Crippen LogP contribution in [0.4, 0.5) is 0 Å². The monoisotopic (exact) mass is 256 g/mol. The molecule has 18 heavy (non-hydrogen) atoms. The van der Waals surface area contributed by atoms with Crippen molar-refractivity contribution >= 4 is 5.91 Å². The summed E-state index contributed by atoms with van der Waals surface area (Å²) in [5.74, 6) is 0.228. The Morgan fingerprint density at radius 1 is 1.50 bits per heavy atom. The highest BCUT2D eigenvalue weighted by Gasteiger charge is 2.59. The van der Waals surface area contributed by atoms with E-state index in [0.29, 0.717) is 0 Å². The zero-order valence-electron chi connectivity index (χ0n) is 12.8. The van der Waals surface area contributed by atoms with Crippen molar-refractivity contribution in [1.82, 2.24) is 10.2 Å². The SMILES string of the molecule is CNCC(C)C(=O)N(C)C1CC(C)(OC)C1(C)C. The third-order valence-electron chi connectivity index (χ3n) is 4.98. The highest BCUT2D eigenvalue weighted by atomic mass is 16.5. The van der Waals surface area contributed by atoms with Crippen LogP contribution < -0.4 is 5.32 Å². The van der Waals surface area contributed by atoms with Crippen LogP contribution in [0.15, 0.2) is 0 Å². The molecule has 4 nitrogen and oxygen atoms in total. The molecule has 1 saturated carbocycles. The molecule has 4 heteroatoms. The number of ether oxygens (including phenoxy) is 1. The molecule has 106 valence electrons. The molecule has 0 heterocycles. The summed E-state index contributed by atoms with van der Waals surface area (Å²) < 4.78 is 5.61. The number of hydrogen-bond acceptors (Lipinski definition) is 3. The maximum atomic E-state index is 12.3. The van der Waals surface area contributed by atoms with Crippen molar-refractivity contribution in [1.29, 1.82) is 0 Å². The average molecular weight is 256 g/mol. The Morgan fingerprint density at radius 2 is 2.06 bits per heavy atom. The lowest BCUT2D eigenvalue weighted by Crippen LogP contribution is -2.69. The van der Waals surface area contributed by atoms with Gasteiger partial charge in [-0.05, 0) is 20.4 Å². The van der Waals surface area contributed by atoms with Gasteiger partial charge in [0.25, 0.3) is 0 Å². The molecule has 1 aliphatic carbocycles. The van der Waals surface area contributed by atoms with Crippen LogP contribution in [0.5, 0.6) is 0 Å². The lowest BCUT2D eigenvalue weighted by molar-refractivity contribution is -0.208. The van der Waals surface area contributed by atoms with Crippen LogP contribution in [-0.4, -0.2) is 50.2 Å². The normalized spacial score (nSPS) is 31.6. The Labute approximate surface area is 111 Å². The second-order valence-corrected chi connectivity index (χ2v) is 6.28. The van der Waals surface area contributed by atoms with Gasteiger partial charge in [-0.2, -0.15) is 0 Å². The quantitative estimate of drug-likeness (QED) is 0.810. The van der Waals surface area contributed by atoms with Gasteiger partial charge in [0.15, 0.2) is 0 Å². The van der Waals surface area contributed by atoms with E-state index in [-0.39, 0.29) is 28.9 Å². The van der Waals surface area contributed by atoms with Gasteiger partial charge in [-0.15, -0.1) is 0 Å². The Hall–Kier alpha value is -0.610. The summed E-state index contributed by atoms with van der Waals surface area (Å²) in [7, 11) is 5.54. The molecular weight excluding hydrogens is 228 g/mol. The van der Waals surface area contributed by atoms with Gasteiger partial charge in [-0.3, -0.25) is 4.79 Å². The molecule has 0 spiro atoms. The molecule has 0 radical (unpaired) electrons. The summed E-state index contributed by atoms with van der Waals surface area (Å²) in [6, 6.07) is 0.259. The second kappa shape index (κ2) is 5.17. The first-order valence-corrected chi connectivity index (χ1v) is 6.67. The fraction of sp³-hybridized carbons (Fsp3) is 0.929. The first-order valence-electron chi connectivity index (χ1n) is 6.67.